The number of esters is 1. The first-order chi connectivity index (χ1) is 13.1. The van der Waals surface area contributed by atoms with Crippen LogP contribution in [0.15, 0.2) is 36.0 Å². The number of fused-ring (bicyclic) bond motifs is 1. The minimum atomic E-state index is -0.275. The number of rotatable bonds is 4. The van der Waals surface area contributed by atoms with Crippen LogP contribution in [0.2, 0.25) is 0 Å². The van der Waals surface area contributed by atoms with Crippen molar-refractivity contribution in [3.63, 3.8) is 0 Å². The zero-order valence-electron chi connectivity index (χ0n) is 15.7. The molecule has 2 aliphatic rings. The Balaban J connectivity index is 1.76. The molecule has 0 aliphatic carbocycles. The Morgan fingerprint density at radius 2 is 2.11 bits per heavy atom. The van der Waals surface area contributed by atoms with E-state index in [0.29, 0.717) is 19.7 Å². The van der Waals surface area contributed by atoms with Crippen molar-refractivity contribution in [3.05, 3.63) is 41.6 Å². The molecule has 1 aromatic carbocycles. The van der Waals surface area contributed by atoms with Gasteiger partial charge in [-0.05, 0) is 44.2 Å². The number of nitrogens with zero attached hydrogens (tertiary/aromatic N) is 3. The quantitative estimate of drug-likeness (QED) is 0.465. The predicted octanol–water partition coefficient (Wildman–Crippen LogP) is 2.65. The summed E-state index contributed by atoms with van der Waals surface area (Å²) >= 11 is 0. The van der Waals surface area contributed by atoms with Crippen molar-refractivity contribution < 1.29 is 14.3 Å². The summed E-state index contributed by atoms with van der Waals surface area (Å²) in [5, 5.41) is 9.58. The monoisotopic (exact) mass is 367 g/mol. The number of benzene rings is 1. The number of piperidine rings is 1. The third kappa shape index (κ3) is 4.30. The minimum Gasteiger partial charge on any atom is -0.466 e. The van der Waals surface area contributed by atoms with Crippen LogP contribution in [-0.4, -0.2) is 43.0 Å². The molecule has 1 amide bonds. The number of nitriles is 1. The highest BCUT2D eigenvalue weighted by atomic mass is 16.5. The first-order valence-electron chi connectivity index (χ1n) is 9.56. The average Bonchev–Trinajstić information content (AvgIpc) is 2.71. The lowest BCUT2D eigenvalue weighted by molar-refractivity contribution is -0.149. The Kier molecular flexibility index (Phi) is 6.12. The van der Waals surface area contributed by atoms with Gasteiger partial charge >= 0.3 is 5.97 Å². The lowest BCUT2D eigenvalue weighted by atomic mass is 9.98. The number of carbonyl (C=O) groups is 2. The van der Waals surface area contributed by atoms with E-state index in [2.05, 4.69) is 6.07 Å². The van der Waals surface area contributed by atoms with Crippen LogP contribution in [0.25, 0.3) is 0 Å². The normalized spacial score (nSPS) is 19.9. The molecule has 1 unspecified atom stereocenters. The van der Waals surface area contributed by atoms with Crippen LogP contribution in [0, 0.1) is 17.2 Å². The van der Waals surface area contributed by atoms with E-state index >= 15 is 0 Å². The lowest BCUT2D eigenvalue weighted by Crippen LogP contribution is -2.39. The number of carbonyl (C=O) groups excluding carboxylic acids is 2. The molecule has 0 saturated carbocycles. The molecule has 0 spiro atoms. The summed E-state index contributed by atoms with van der Waals surface area (Å²) in [5.41, 5.74) is 2.13. The van der Waals surface area contributed by atoms with Crippen LogP contribution in [0.1, 0.15) is 31.7 Å². The Bertz CT molecular complexity index is 781. The maximum atomic E-state index is 13.0. The first-order valence-corrected chi connectivity index (χ1v) is 9.56. The number of hydrogen-bond acceptors (Lipinski definition) is 5. The molecule has 1 fully saturated rings. The Morgan fingerprint density at radius 1 is 1.30 bits per heavy atom. The van der Waals surface area contributed by atoms with E-state index in [1.54, 1.807) is 18.0 Å². The highest BCUT2D eigenvalue weighted by Crippen LogP contribution is 2.28. The molecule has 1 atom stereocenters. The highest BCUT2D eigenvalue weighted by Gasteiger charge is 2.28. The minimum absolute atomic E-state index is 0.108. The van der Waals surface area contributed by atoms with Crippen molar-refractivity contribution in [2.24, 2.45) is 5.92 Å². The summed E-state index contributed by atoms with van der Waals surface area (Å²) in [6, 6.07) is 9.90. The van der Waals surface area contributed by atoms with Gasteiger partial charge in [0.25, 0.3) is 5.91 Å². The average molecular weight is 367 g/mol. The number of amides is 1. The van der Waals surface area contributed by atoms with Gasteiger partial charge in [-0.3, -0.25) is 9.59 Å². The van der Waals surface area contributed by atoms with E-state index in [0.717, 1.165) is 43.5 Å². The van der Waals surface area contributed by atoms with E-state index in [4.69, 9.17) is 4.74 Å². The molecule has 0 N–H and O–H groups in total. The molecule has 27 heavy (non-hydrogen) atoms. The number of anilines is 1. The van der Waals surface area contributed by atoms with E-state index in [1.165, 1.54) is 0 Å². The van der Waals surface area contributed by atoms with Crippen molar-refractivity contribution in [3.8, 4) is 6.07 Å². The predicted molar refractivity (Wildman–Crippen MR) is 102 cm³/mol. The van der Waals surface area contributed by atoms with Crippen LogP contribution in [0.4, 0.5) is 5.69 Å². The Morgan fingerprint density at radius 3 is 2.89 bits per heavy atom. The third-order valence-electron chi connectivity index (χ3n) is 5.09. The second kappa shape index (κ2) is 8.72. The third-order valence-corrected chi connectivity index (χ3v) is 5.09. The van der Waals surface area contributed by atoms with Crippen molar-refractivity contribution in [1.29, 1.82) is 5.26 Å². The molecule has 3 rings (SSSR count). The van der Waals surface area contributed by atoms with Crippen LogP contribution in [0.5, 0.6) is 0 Å². The van der Waals surface area contributed by atoms with Crippen LogP contribution < -0.4 is 4.90 Å². The second-order valence-corrected chi connectivity index (χ2v) is 6.93. The van der Waals surface area contributed by atoms with Crippen molar-refractivity contribution in [2.45, 2.75) is 32.6 Å². The SMILES string of the molecule is CCOC(=O)C1CCCN(/C=C(/C#N)C(=O)N2CCCc3ccccc32)C1. The summed E-state index contributed by atoms with van der Waals surface area (Å²) in [6.45, 7) is 3.97. The number of hydrogen-bond donors (Lipinski definition) is 0. The van der Waals surface area contributed by atoms with E-state index in [-0.39, 0.29) is 23.4 Å². The van der Waals surface area contributed by atoms with Gasteiger partial charge in [0.2, 0.25) is 0 Å². The fourth-order valence-corrected chi connectivity index (χ4v) is 3.78. The van der Waals surface area contributed by atoms with Crippen molar-refractivity contribution >= 4 is 17.6 Å². The summed E-state index contributed by atoms with van der Waals surface area (Å²) < 4.78 is 5.12. The molecule has 1 aromatic rings. The van der Waals surface area contributed by atoms with Gasteiger partial charge in [0.1, 0.15) is 11.6 Å². The molecule has 1 saturated heterocycles. The number of aryl methyl sites for hydroxylation is 1. The summed E-state index contributed by atoms with van der Waals surface area (Å²) in [5.74, 6) is -0.686. The molecule has 0 bridgehead atoms. The molecule has 0 aromatic heterocycles. The second-order valence-electron chi connectivity index (χ2n) is 6.93. The van der Waals surface area contributed by atoms with Crippen molar-refractivity contribution in [2.75, 3.05) is 31.1 Å². The topological polar surface area (TPSA) is 73.6 Å². The van der Waals surface area contributed by atoms with Gasteiger partial charge < -0.3 is 14.5 Å². The van der Waals surface area contributed by atoms with Crippen LogP contribution >= 0.6 is 0 Å². The van der Waals surface area contributed by atoms with Crippen LogP contribution in [0.3, 0.4) is 0 Å². The molecule has 6 heteroatoms. The molecule has 142 valence electrons. The largest absolute Gasteiger partial charge is 0.466 e. The first kappa shape index (κ1) is 19.0. The van der Waals surface area contributed by atoms with Gasteiger partial charge in [0.05, 0.1) is 12.5 Å². The molecule has 2 aliphatic heterocycles. The molecular formula is C21H25N3O3. The zero-order chi connectivity index (χ0) is 19.2. The van der Waals surface area contributed by atoms with E-state index in [9.17, 15) is 14.9 Å². The number of ether oxygens (including phenoxy) is 1. The van der Waals surface area contributed by atoms with Gasteiger partial charge in [-0.2, -0.15) is 5.26 Å². The highest BCUT2D eigenvalue weighted by molar-refractivity contribution is 6.08. The summed E-state index contributed by atoms with van der Waals surface area (Å²) in [6.07, 6.45) is 5.05. The molecule has 0 radical (unpaired) electrons. The van der Waals surface area contributed by atoms with Gasteiger partial charge in [-0.15, -0.1) is 0 Å². The van der Waals surface area contributed by atoms with E-state index < -0.39 is 0 Å². The molecular weight excluding hydrogens is 342 g/mol. The van der Waals surface area contributed by atoms with Gasteiger partial charge in [0.15, 0.2) is 0 Å². The fraction of sp³-hybridized carbons (Fsp3) is 0.476. The smallest absolute Gasteiger partial charge is 0.310 e. The Labute approximate surface area is 160 Å². The van der Waals surface area contributed by atoms with Crippen molar-refractivity contribution in [1.82, 2.24) is 4.90 Å². The summed E-state index contributed by atoms with van der Waals surface area (Å²) in [7, 11) is 0. The molecule has 2 heterocycles. The fourth-order valence-electron chi connectivity index (χ4n) is 3.78. The van der Waals surface area contributed by atoms with E-state index in [1.807, 2.05) is 29.2 Å². The maximum absolute atomic E-state index is 13.0. The van der Waals surface area contributed by atoms with Gasteiger partial charge in [0, 0.05) is 31.5 Å². The van der Waals surface area contributed by atoms with Gasteiger partial charge in [-0.1, -0.05) is 18.2 Å². The van der Waals surface area contributed by atoms with Gasteiger partial charge in [-0.25, -0.2) is 0 Å². The standard InChI is InChI=1S/C21H25N3O3/c1-2-27-21(26)17-9-5-11-23(14-17)15-18(13-22)20(25)24-12-6-8-16-7-3-4-10-19(16)24/h3-4,7,10,15,17H,2,5-6,8-9,11-12,14H2,1H3/b18-15-. The Hall–Kier alpha value is -2.81. The van der Waals surface area contributed by atoms with Crippen LogP contribution in [-0.2, 0) is 20.7 Å². The number of likely N-dealkylation sites (tertiary alicyclic amines) is 1. The maximum Gasteiger partial charge on any atom is 0.310 e. The number of para-hydroxylation sites is 1. The zero-order valence-corrected chi connectivity index (χ0v) is 15.7. The molecule has 6 nitrogen and oxygen atoms in total. The summed E-state index contributed by atoms with van der Waals surface area (Å²) in [4.78, 5) is 28.6. The lowest BCUT2D eigenvalue weighted by Gasteiger charge is -2.32.